The van der Waals surface area contributed by atoms with E-state index < -0.39 is 5.82 Å². The molecule has 0 radical (unpaired) electrons. The van der Waals surface area contributed by atoms with Crippen LogP contribution in [0.25, 0.3) is 0 Å². The highest BCUT2D eigenvalue weighted by Gasteiger charge is 2.13. The standard InChI is InChI=1S/C16H17FN2O/c1-11-5-4-8-14(17)15(11)19-16(20)13-7-3-2-6-12(13)9-10-18/h2-8H,9-10,18H2,1H3,(H,19,20). The van der Waals surface area contributed by atoms with Gasteiger partial charge in [-0.3, -0.25) is 4.79 Å². The van der Waals surface area contributed by atoms with Crippen LogP contribution in [0.1, 0.15) is 21.5 Å². The van der Waals surface area contributed by atoms with Crippen LogP contribution in [0, 0.1) is 12.7 Å². The van der Waals surface area contributed by atoms with E-state index in [1.807, 2.05) is 12.1 Å². The number of amides is 1. The van der Waals surface area contributed by atoms with E-state index in [0.717, 1.165) is 5.56 Å². The molecule has 20 heavy (non-hydrogen) atoms. The van der Waals surface area contributed by atoms with Crippen LogP contribution in [0.3, 0.4) is 0 Å². The lowest BCUT2D eigenvalue weighted by atomic mass is 10.0. The second kappa shape index (κ2) is 6.30. The lowest BCUT2D eigenvalue weighted by molar-refractivity contribution is 0.102. The van der Waals surface area contributed by atoms with Crippen LogP contribution < -0.4 is 11.1 Å². The van der Waals surface area contributed by atoms with Crippen LogP contribution in [0.5, 0.6) is 0 Å². The summed E-state index contributed by atoms with van der Waals surface area (Å²) in [7, 11) is 0. The zero-order valence-electron chi connectivity index (χ0n) is 11.3. The zero-order valence-corrected chi connectivity index (χ0v) is 11.3. The van der Waals surface area contributed by atoms with Gasteiger partial charge in [0.1, 0.15) is 5.82 Å². The van der Waals surface area contributed by atoms with Gasteiger partial charge in [-0.15, -0.1) is 0 Å². The Balaban J connectivity index is 2.29. The van der Waals surface area contributed by atoms with Gasteiger partial charge in [-0.05, 0) is 43.1 Å². The molecule has 1 amide bonds. The van der Waals surface area contributed by atoms with E-state index >= 15 is 0 Å². The lowest BCUT2D eigenvalue weighted by Crippen LogP contribution is -2.17. The second-order valence-corrected chi connectivity index (χ2v) is 4.58. The van der Waals surface area contributed by atoms with E-state index in [4.69, 9.17) is 5.73 Å². The molecule has 0 heterocycles. The molecule has 0 aliphatic heterocycles. The molecule has 0 atom stereocenters. The first-order valence-electron chi connectivity index (χ1n) is 6.48. The number of hydrogen-bond donors (Lipinski definition) is 2. The summed E-state index contributed by atoms with van der Waals surface area (Å²) in [6.45, 7) is 2.22. The molecule has 104 valence electrons. The first-order chi connectivity index (χ1) is 9.63. The SMILES string of the molecule is Cc1cccc(F)c1NC(=O)c1ccccc1CCN. The molecule has 0 aliphatic rings. The van der Waals surface area contributed by atoms with Gasteiger partial charge < -0.3 is 11.1 Å². The number of nitrogens with two attached hydrogens (primary N) is 1. The summed E-state index contributed by atoms with van der Waals surface area (Å²) < 4.78 is 13.7. The maximum absolute atomic E-state index is 13.7. The summed E-state index contributed by atoms with van der Waals surface area (Å²) in [4.78, 5) is 12.3. The minimum absolute atomic E-state index is 0.222. The fraction of sp³-hybridized carbons (Fsp3) is 0.188. The Morgan fingerprint density at radius 3 is 2.65 bits per heavy atom. The van der Waals surface area contributed by atoms with Crippen molar-refractivity contribution >= 4 is 11.6 Å². The number of carbonyl (C=O) groups excluding carboxylic acids is 1. The molecule has 3 nitrogen and oxygen atoms in total. The van der Waals surface area contributed by atoms with Gasteiger partial charge in [0.05, 0.1) is 5.69 Å². The van der Waals surface area contributed by atoms with Gasteiger partial charge in [0.25, 0.3) is 5.91 Å². The molecule has 3 N–H and O–H groups in total. The van der Waals surface area contributed by atoms with Gasteiger partial charge in [0, 0.05) is 5.56 Å². The predicted molar refractivity (Wildman–Crippen MR) is 78.3 cm³/mol. The summed E-state index contributed by atoms with van der Waals surface area (Å²) in [5, 5.41) is 2.64. The molecular formula is C16H17FN2O. The van der Waals surface area contributed by atoms with Crippen molar-refractivity contribution in [1.82, 2.24) is 0 Å². The molecule has 0 bridgehead atoms. The van der Waals surface area contributed by atoms with E-state index in [1.54, 1.807) is 31.2 Å². The third-order valence-electron chi connectivity index (χ3n) is 3.14. The first kappa shape index (κ1) is 14.2. The minimum atomic E-state index is -0.436. The fourth-order valence-corrected chi connectivity index (χ4v) is 2.09. The number of aryl methyl sites for hydroxylation is 1. The maximum atomic E-state index is 13.7. The molecular weight excluding hydrogens is 255 g/mol. The van der Waals surface area contributed by atoms with E-state index in [1.165, 1.54) is 6.07 Å². The molecule has 0 aromatic heterocycles. The minimum Gasteiger partial charge on any atom is -0.330 e. The normalized spacial score (nSPS) is 10.3. The molecule has 0 aliphatic carbocycles. The molecule has 0 fully saturated rings. The summed E-state index contributed by atoms with van der Waals surface area (Å²) in [5.74, 6) is -0.753. The molecule has 0 spiro atoms. The topological polar surface area (TPSA) is 55.1 Å². The van der Waals surface area contributed by atoms with Crippen molar-refractivity contribution in [3.05, 3.63) is 65.0 Å². The average Bonchev–Trinajstić information content (AvgIpc) is 2.44. The number of rotatable bonds is 4. The van der Waals surface area contributed by atoms with Gasteiger partial charge in [-0.25, -0.2) is 4.39 Å². The highest BCUT2D eigenvalue weighted by Crippen LogP contribution is 2.20. The van der Waals surface area contributed by atoms with E-state index in [0.29, 0.717) is 24.1 Å². The monoisotopic (exact) mass is 272 g/mol. The number of benzene rings is 2. The van der Waals surface area contributed by atoms with Crippen LogP contribution in [-0.2, 0) is 6.42 Å². The van der Waals surface area contributed by atoms with Crippen molar-refractivity contribution in [3.8, 4) is 0 Å². The lowest BCUT2D eigenvalue weighted by Gasteiger charge is -2.12. The summed E-state index contributed by atoms with van der Waals surface area (Å²) >= 11 is 0. The van der Waals surface area contributed by atoms with Crippen molar-refractivity contribution in [2.45, 2.75) is 13.3 Å². The predicted octanol–water partition coefficient (Wildman–Crippen LogP) is 2.89. The Labute approximate surface area is 117 Å². The van der Waals surface area contributed by atoms with Gasteiger partial charge in [-0.1, -0.05) is 30.3 Å². The fourth-order valence-electron chi connectivity index (χ4n) is 2.09. The first-order valence-corrected chi connectivity index (χ1v) is 6.48. The van der Waals surface area contributed by atoms with Crippen molar-refractivity contribution in [2.75, 3.05) is 11.9 Å². The van der Waals surface area contributed by atoms with Crippen LogP contribution in [0.15, 0.2) is 42.5 Å². The Morgan fingerprint density at radius 1 is 1.20 bits per heavy atom. The van der Waals surface area contributed by atoms with E-state index in [9.17, 15) is 9.18 Å². The van der Waals surface area contributed by atoms with Gasteiger partial charge in [0.2, 0.25) is 0 Å². The number of halogens is 1. The molecule has 2 aromatic rings. The Bertz CT molecular complexity index is 605. The molecule has 2 aromatic carbocycles. The quantitative estimate of drug-likeness (QED) is 0.899. The van der Waals surface area contributed by atoms with Crippen LogP contribution in [0.4, 0.5) is 10.1 Å². The van der Waals surface area contributed by atoms with Gasteiger partial charge in [0.15, 0.2) is 0 Å². The Kier molecular flexibility index (Phi) is 4.48. The van der Waals surface area contributed by atoms with Crippen molar-refractivity contribution in [2.24, 2.45) is 5.73 Å². The zero-order chi connectivity index (χ0) is 14.5. The highest BCUT2D eigenvalue weighted by atomic mass is 19.1. The van der Waals surface area contributed by atoms with Crippen LogP contribution in [0.2, 0.25) is 0 Å². The number of nitrogens with one attached hydrogen (secondary N) is 1. The highest BCUT2D eigenvalue weighted by molar-refractivity contribution is 6.05. The number of anilines is 1. The summed E-state index contributed by atoms with van der Waals surface area (Å²) in [6.07, 6.45) is 0.611. The van der Waals surface area contributed by atoms with Crippen molar-refractivity contribution < 1.29 is 9.18 Å². The molecule has 0 saturated heterocycles. The molecule has 4 heteroatoms. The third kappa shape index (κ3) is 3.03. The molecule has 0 unspecified atom stereocenters. The van der Waals surface area contributed by atoms with Gasteiger partial charge >= 0.3 is 0 Å². The maximum Gasteiger partial charge on any atom is 0.256 e. The largest absolute Gasteiger partial charge is 0.330 e. The third-order valence-corrected chi connectivity index (χ3v) is 3.14. The number of hydrogen-bond acceptors (Lipinski definition) is 2. The summed E-state index contributed by atoms with van der Waals surface area (Å²) in [6, 6.07) is 11.9. The van der Waals surface area contributed by atoms with Crippen LogP contribution in [-0.4, -0.2) is 12.5 Å². The Hall–Kier alpha value is -2.20. The smallest absolute Gasteiger partial charge is 0.256 e. The molecule has 2 rings (SSSR count). The number of para-hydroxylation sites is 1. The number of carbonyl (C=O) groups is 1. The van der Waals surface area contributed by atoms with Crippen molar-refractivity contribution in [3.63, 3.8) is 0 Å². The second-order valence-electron chi connectivity index (χ2n) is 4.58. The van der Waals surface area contributed by atoms with E-state index in [-0.39, 0.29) is 11.6 Å². The Morgan fingerprint density at radius 2 is 1.95 bits per heavy atom. The summed E-state index contributed by atoms with van der Waals surface area (Å²) in [5.41, 5.74) is 7.84. The average molecular weight is 272 g/mol. The van der Waals surface area contributed by atoms with E-state index in [2.05, 4.69) is 5.32 Å². The molecule has 0 saturated carbocycles. The van der Waals surface area contributed by atoms with Gasteiger partial charge in [-0.2, -0.15) is 0 Å². The van der Waals surface area contributed by atoms with Crippen LogP contribution >= 0.6 is 0 Å². The van der Waals surface area contributed by atoms with Crippen molar-refractivity contribution in [1.29, 1.82) is 0 Å².